The number of pyridine rings is 1. The average Bonchev–Trinajstić information content (AvgIpc) is 2.63. The van der Waals surface area contributed by atoms with E-state index in [2.05, 4.69) is 25.9 Å². The molecule has 0 saturated heterocycles. The summed E-state index contributed by atoms with van der Waals surface area (Å²) < 4.78 is 0. The molecule has 1 N–H and O–H groups in total. The number of hydrogen-bond donors (Lipinski definition) is 1. The van der Waals surface area contributed by atoms with E-state index in [1.54, 1.807) is 0 Å². The minimum atomic E-state index is -0.0136. The maximum atomic E-state index is 12.6. The standard InChI is InChI=1S/C19H23N5O/c1-13-8-14(10-20-9-13)11-24-7-5-16-15(12-24)19(25)23-18(22-16)17-4-2-3-6-21-17/h8-10H,2-7,11-12H2,1H3,(H,22,23,25). The van der Waals surface area contributed by atoms with E-state index < -0.39 is 0 Å². The van der Waals surface area contributed by atoms with Crippen LogP contribution in [0.5, 0.6) is 0 Å². The number of nitrogens with one attached hydrogen (secondary N) is 1. The summed E-state index contributed by atoms with van der Waals surface area (Å²) in [6.45, 7) is 5.24. The van der Waals surface area contributed by atoms with Crippen LogP contribution < -0.4 is 5.56 Å². The summed E-state index contributed by atoms with van der Waals surface area (Å²) in [6.07, 6.45) is 7.72. The van der Waals surface area contributed by atoms with Crippen LogP contribution in [0.3, 0.4) is 0 Å². The molecule has 0 unspecified atom stereocenters. The molecule has 2 aliphatic heterocycles. The average molecular weight is 337 g/mol. The van der Waals surface area contributed by atoms with Crippen LogP contribution in [0.2, 0.25) is 0 Å². The monoisotopic (exact) mass is 337 g/mol. The lowest BCUT2D eigenvalue weighted by Gasteiger charge is -2.27. The van der Waals surface area contributed by atoms with Gasteiger partial charge >= 0.3 is 0 Å². The van der Waals surface area contributed by atoms with Crippen LogP contribution in [0.4, 0.5) is 0 Å². The maximum absolute atomic E-state index is 12.6. The number of aryl methyl sites for hydroxylation is 1. The molecule has 2 aromatic heterocycles. The Bertz CT molecular complexity index is 870. The van der Waals surface area contributed by atoms with E-state index in [0.717, 1.165) is 67.9 Å². The molecular formula is C19H23N5O. The summed E-state index contributed by atoms with van der Waals surface area (Å²) >= 11 is 0. The Labute approximate surface area is 147 Å². The van der Waals surface area contributed by atoms with E-state index in [1.807, 2.05) is 19.3 Å². The SMILES string of the molecule is Cc1cncc(CN2CCc3nc(C4=NCCCC4)[nH]c(=O)c3C2)c1. The molecule has 2 aliphatic rings. The Morgan fingerprint density at radius 2 is 2.16 bits per heavy atom. The van der Waals surface area contributed by atoms with E-state index in [1.165, 1.54) is 5.56 Å². The highest BCUT2D eigenvalue weighted by Gasteiger charge is 2.22. The molecule has 6 nitrogen and oxygen atoms in total. The maximum Gasteiger partial charge on any atom is 0.255 e. The Kier molecular flexibility index (Phi) is 4.44. The predicted octanol–water partition coefficient (Wildman–Crippen LogP) is 2.00. The largest absolute Gasteiger partial charge is 0.305 e. The van der Waals surface area contributed by atoms with Gasteiger partial charge < -0.3 is 4.98 Å². The van der Waals surface area contributed by atoms with Crippen molar-refractivity contribution in [2.45, 2.75) is 45.7 Å². The molecule has 0 bridgehead atoms. The highest BCUT2D eigenvalue weighted by molar-refractivity contribution is 5.97. The summed E-state index contributed by atoms with van der Waals surface area (Å²) in [4.78, 5) is 31.4. The molecule has 0 fully saturated rings. The van der Waals surface area contributed by atoms with Crippen LogP contribution in [-0.4, -0.2) is 38.7 Å². The molecule has 130 valence electrons. The highest BCUT2D eigenvalue weighted by atomic mass is 16.1. The Hall–Kier alpha value is -2.34. The predicted molar refractivity (Wildman–Crippen MR) is 96.9 cm³/mol. The molecule has 6 heteroatoms. The molecule has 0 aliphatic carbocycles. The number of fused-ring (bicyclic) bond motifs is 1. The van der Waals surface area contributed by atoms with Gasteiger partial charge in [-0.1, -0.05) is 6.07 Å². The van der Waals surface area contributed by atoms with Gasteiger partial charge in [0.2, 0.25) is 0 Å². The van der Waals surface area contributed by atoms with Gasteiger partial charge in [-0.05, 0) is 37.3 Å². The fraction of sp³-hybridized carbons (Fsp3) is 0.474. The van der Waals surface area contributed by atoms with Crippen molar-refractivity contribution in [1.29, 1.82) is 0 Å². The zero-order chi connectivity index (χ0) is 17.2. The van der Waals surface area contributed by atoms with Gasteiger partial charge in [0.05, 0.1) is 17.0 Å². The zero-order valence-electron chi connectivity index (χ0n) is 14.6. The number of aromatic amines is 1. The van der Waals surface area contributed by atoms with Crippen LogP contribution in [0, 0.1) is 6.92 Å². The van der Waals surface area contributed by atoms with Crippen LogP contribution in [0.15, 0.2) is 28.2 Å². The Balaban J connectivity index is 1.55. The van der Waals surface area contributed by atoms with Gasteiger partial charge in [-0.3, -0.25) is 19.7 Å². The van der Waals surface area contributed by atoms with Gasteiger partial charge in [-0.25, -0.2) is 4.98 Å². The summed E-state index contributed by atoms with van der Waals surface area (Å²) in [6, 6.07) is 2.15. The molecule has 4 heterocycles. The second-order valence-electron chi connectivity index (χ2n) is 6.96. The van der Waals surface area contributed by atoms with Gasteiger partial charge in [0.25, 0.3) is 5.56 Å². The summed E-state index contributed by atoms with van der Waals surface area (Å²) in [5, 5.41) is 0. The highest BCUT2D eigenvalue weighted by Crippen LogP contribution is 2.18. The van der Waals surface area contributed by atoms with Crippen molar-refractivity contribution >= 4 is 5.71 Å². The molecule has 4 rings (SSSR count). The second kappa shape index (κ2) is 6.88. The molecule has 0 radical (unpaired) electrons. The molecule has 0 amide bonds. The molecule has 0 saturated carbocycles. The summed E-state index contributed by atoms with van der Waals surface area (Å²) in [7, 11) is 0. The van der Waals surface area contributed by atoms with Crippen molar-refractivity contribution in [3.8, 4) is 0 Å². The lowest BCUT2D eigenvalue weighted by molar-refractivity contribution is 0.241. The van der Waals surface area contributed by atoms with Crippen molar-refractivity contribution in [3.05, 3.63) is 57.0 Å². The van der Waals surface area contributed by atoms with Gasteiger partial charge in [0.1, 0.15) is 0 Å². The van der Waals surface area contributed by atoms with Crippen LogP contribution in [-0.2, 0) is 19.5 Å². The second-order valence-corrected chi connectivity index (χ2v) is 6.96. The first kappa shape index (κ1) is 16.1. The van der Waals surface area contributed by atoms with Gasteiger partial charge in [0.15, 0.2) is 5.82 Å². The molecular weight excluding hydrogens is 314 g/mol. The van der Waals surface area contributed by atoms with E-state index >= 15 is 0 Å². The molecule has 2 aromatic rings. The zero-order valence-corrected chi connectivity index (χ0v) is 14.6. The summed E-state index contributed by atoms with van der Waals surface area (Å²) in [5.41, 5.74) is 5.02. The molecule has 0 aromatic carbocycles. The first-order valence-electron chi connectivity index (χ1n) is 8.98. The molecule has 0 spiro atoms. The number of H-pyrrole nitrogens is 1. The minimum Gasteiger partial charge on any atom is -0.305 e. The Morgan fingerprint density at radius 3 is 2.96 bits per heavy atom. The number of hydrogen-bond acceptors (Lipinski definition) is 5. The Morgan fingerprint density at radius 1 is 1.24 bits per heavy atom. The van der Waals surface area contributed by atoms with Crippen molar-refractivity contribution in [3.63, 3.8) is 0 Å². The quantitative estimate of drug-likeness (QED) is 0.930. The van der Waals surface area contributed by atoms with Crippen LogP contribution in [0.25, 0.3) is 0 Å². The van der Waals surface area contributed by atoms with Crippen molar-refractivity contribution in [1.82, 2.24) is 19.9 Å². The van der Waals surface area contributed by atoms with Crippen LogP contribution in [0.1, 0.15) is 47.5 Å². The van der Waals surface area contributed by atoms with Gasteiger partial charge in [-0.15, -0.1) is 0 Å². The van der Waals surface area contributed by atoms with Crippen molar-refractivity contribution < 1.29 is 0 Å². The first-order valence-corrected chi connectivity index (χ1v) is 8.98. The summed E-state index contributed by atoms with van der Waals surface area (Å²) in [5.74, 6) is 0.680. The third-order valence-electron chi connectivity index (χ3n) is 4.88. The normalized spacial score (nSPS) is 17.9. The third-order valence-corrected chi connectivity index (χ3v) is 4.88. The van der Waals surface area contributed by atoms with Gasteiger partial charge in [0, 0.05) is 45.0 Å². The number of rotatable bonds is 3. The number of nitrogens with zero attached hydrogens (tertiary/aromatic N) is 4. The van der Waals surface area contributed by atoms with E-state index in [0.29, 0.717) is 12.4 Å². The lowest BCUT2D eigenvalue weighted by Crippen LogP contribution is -2.36. The fourth-order valence-corrected chi connectivity index (χ4v) is 3.61. The van der Waals surface area contributed by atoms with Crippen molar-refractivity contribution in [2.24, 2.45) is 4.99 Å². The van der Waals surface area contributed by atoms with E-state index in [-0.39, 0.29) is 5.56 Å². The number of aromatic nitrogens is 3. The fourth-order valence-electron chi connectivity index (χ4n) is 3.61. The number of aliphatic imine (C=N–C) groups is 1. The lowest BCUT2D eigenvalue weighted by atomic mass is 10.0. The third kappa shape index (κ3) is 3.54. The smallest absolute Gasteiger partial charge is 0.255 e. The van der Waals surface area contributed by atoms with Crippen molar-refractivity contribution in [2.75, 3.05) is 13.1 Å². The van der Waals surface area contributed by atoms with E-state index in [4.69, 9.17) is 4.98 Å². The van der Waals surface area contributed by atoms with Gasteiger partial charge in [-0.2, -0.15) is 0 Å². The topological polar surface area (TPSA) is 74.2 Å². The molecule has 25 heavy (non-hydrogen) atoms. The van der Waals surface area contributed by atoms with Crippen LogP contribution >= 0.6 is 0 Å². The first-order chi connectivity index (χ1) is 12.2. The minimum absolute atomic E-state index is 0.0136. The van der Waals surface area contributed by atoms with E-state index in [9.17, 15) is 4.79 Å². The molecule has 0 atom stereocenters.